The molecule has 1 saturated heterocycles. The summed E-state index contributed by atoms with van der Waals surface area (Å²) in [6, 6.07) is 12.8. The van der Waals surface area contributed by atoms with Gasteiger partial charge in [0.1, 0.15) is 11.5 Å². The number of likely N-dealkylation sites (tertiary alicyclic amines) is 1. The molecule has 1 aliphatic heterocycles. The number of hydrogen-bond acceptors (Lipinski definition) is 5. The van der Waals surface area contributed by atoms with Crippen LogP contribution in [0.1, 0.15) is 75.3 Å². The van der Waals surface area contributed by atoms with Gasteiger partial charge in [-0.05, 0) is 67.2 Å². The molecule has 1 unspecified atom stereocenters. The fraction of sp³-hybridized carbons (Fsp3) is 0.467. The molecule has 1 atom stereocenters. The van der Waals surface area contributed by atoms with Gasteiger partial charge in [-0.1, -0.05) is 58.9 Å². The fourth-order valence-corrected chi connectivity index (χ4v) is 4.67. The zero-order valence-corrected chi connectivity index (χ0v) is 22.5. The van der Waals surface area contributed by atoms with Crippen LogP contribution in [0.15, 0.2) is 48.0 Å². The van der Waals surface area contributed by atoms with Crippen LogP contribution in [-0.4, -0.2) is 59.4 Å². The minimum absolute atomic E-state index is 0.141. The molecular formula is C30H40N2O4. The van der Waals surface area contributed by atoms with Crippen LogP contribution in [0.25, 0.3) is 5.76 Å². The molecule has 1 N–H and O–H groups in total. The molecule has 0 bridgehead atoms. The maximum atomic E-state index is 13.3. The van der Waals surface area contributed by atoms with Gasteiger partial charge in [0.25, 0.3) is 11.7 Å². The number of rotatable bonds is 11. The average molecular weight is 493 g/mol. The van der Waals surface area contributed by atoms with Crippen molar-refractivity contribution >= 4 is 17.4 Å². The number of Topliss-reactive ketones (excluding diaryl/α,β-unsaturated/α-hetero) is 1. The van der Waals surface area contributed by atoms with Gasteiger partial charge >= 0.3 is 0 Å². The second kappa shape index (κ2) is 12.2. The summed E-state index contributed by atoms with van der Waals surface area (Å²) in [5.74, 6) is -0.273. The average Bonchev–Trinajstić information content (AvgIpc) is 3.12. The number of carbonyl (C=O) groups is 2. The molecule has 0 radical (unpaired) electrons. The molecule has 36 heavy (non-hydrogen) atoms. The summed E-state index contributed by atoms with van der Waals surface area (Å²) in [6.07, 6.45) is 0.896. The number of carbonyl (C=O) groups excluding carboxylic acids is 2. The molecule has 0 aliphatic carbocycles. The summed E-state index contributed by atoms with van der Waals surface area (Å²) < 4.78 is 5.72. The Labute approximate surface area is 215 Å². The van der Waals surface area contributed by atoms with Crippen molar-refractivity contribution in [2.45, 2.75) is 59.9 Å². The van der Waals surface area contributed by atoms with Gasteiger partial charge in [-0.2, -0.15) is 0 Å². The number of amides is 1. The monoisotopic (exact) mass is 492 g/mol. The van der Waals surface area contributed by atoms with Crippen LogP contribution in [-0.2, 0) is 9.59 Å². The van der Waals surface area contributed by atoms with Crippen molar-refractivity contribution in [1.82, 2.24) is 9.80 Å². The Balaban J connectivity index is 2.09. The number of aryl methyl sites for hydroxylation is 1. The van der Waals surface area contributed by atoms with Gasteiger partial charge in [0.2, 0.25) is 0 Å². The summed E-state index contributed by atoms with van der Waals surface area (Å²) in [4.78, 5) is 30.4. The minimum atomic E-state index is -0.643. The van der Waals surface area contributed by atoms with Crippen LogP contribution < -0.4 is 4.74 Å². The number of nitrogens with zero attached hydrogens (tertiary/aromatic N) is 2. The van der Waals surface area contributed by atoms with Crippen molar-refractivity contribution in [2.24, 2.45) is 0 Å². The number of ether oxygens (including phenoxy) is 1. The molecule has 0 saturated carbocycles. The first-order chi connectivity index (χ1) is 17.2. The first-order valence-corrected chi connectivity index (χ1v) is 13.1. The van der Waals surface area contributed by atoms with E-state index >= 15 is 0 Å². The van der Waals surface area contributed by atoms with E-state index in [0.29, 0.717) is 36.9 Å². The molecule has 194 valence electrons. The van der Waals surface area contributed by atoms with E-state index in [1.54, 1.807) is 17.0 Å². The third-order valence-electron chi connectivity index (χ3n) is 6.94. The predicted molar refractivity (Wildman–Crippen MR) is 144 cm³/mol. The lowest BCUT2D eigenvalue weighted by Gasteiger charge is -2.28. The third-order valence-corrected chi connectivity index (χ3v) is 6.94. The lowest BCUT2D eigenvalue weighted by atomic mass is 9.92. The van der Waals surface area contributed by atoms with Crippen molar-refractivity contribution in [2.75, 3.05) is 32.8 Å². The highest BCUT2D eigenvalue weighted by Crippen LogP contribution is 2.40. The smallest absolute Gasteiger partial charge is 0.295 e. The van der Waals surface area contributed by atoms with Gasteiger partial charge in [0.15, 0.2) is 0 Å². The quantitative estimate of drug-likeness (QED) is 0.249. The highest BCUT2D eigenvalue weighted by molar-refractivity contribution is 6.46. The lowest BCUT2D eigenvalue weighted by molar-refractivity contribution is -0.140. The van der Waals surface area contributed by atoms with Gasteiger partial charge < -0.3 is 19.6 Å². The molecule has 2 aromatic carbocycles. The molecule has 1 aliphatic rings. The van der Waals surface area contributed by atoms with Crippen molar-refractivity contribution < 1.29 is 19.4 Å². The molecule has 0 aromatic heterocycles. The zero-order valence-electron chi connectivity index (χ0n) is 22.5. The predicted octanol–water partition coefficient (Wildman–Crippen LogP) is 5.67. The summed E-state index contributed by atoms with van der Waals surface area (Å²) in [5.41, 5.74) is 3.45. The van der Waals surface area contributed by atoms with Crippen LogP contribution in [0.3, 0.4) is 0 Å². The fourth-order valence-electron chi connectivity index (χ4n) is 4.67. The van der Waals surface area contributed by atoms with Crippen LogP contribution in [0.5, 0.6) is 5.75 Å². The highest BCUT2D eigenvalue weighted by atomic mass is 16.5. The molecule has 1 fully saturated rings. The van der Waals surface area contributed by atoms with E-state index in [4.69, 9.17) is 4.74 Å². The van der Waals surface area contributed by atoms with E-state index in [1.165, 1.54) is 5.56 Å². The summed E-state index contributed by atoms with van der Waals surface area (Å²) in [6.45, 7) is 15.7. The molecule has 0 spiro atoms. The Morgan fingerprint density at radius 1 is 1.06 bits per heavy atom. The van der Waals surface area contributed by atoms with Gasteiger partial charge in [0.05, 0.1) is 18.2 Å². The van der Waals surface area contributed by atoms with Gasteiger partial charge in [-0.25, -0.2) is 0 Å². The largest absolute Gasteiger partial charge is 0.507 e. The van der Waals surface area contributed by atoms with E-state index in [1.807, 2.05) is 44.2 Å². The first kappa shape index (κ1) is 27.5. The zero-order chi connectivity index (χ0) is 26.4. The van der Waals surface area contributed by atoms with Crippen molar-refractivity contribution in [3.63, 3.8) is 0 Å². The standard InChI is InChI=1S/C30H40N2O4/c1-7-18-36-24-14-15-25(21(6)19-24)28(33)26-27(23-12-10-22(11-13-23)20(4)5)32(30(35)29(26)34)17-16-31(8-2)9-3/h10-15,19-20,27,33H,7-9,16-18H2,1-6H3/b28-26+. The third kappa shape index (κ3) is 5.81. The van der Waals surface area contributed by atoms with E-state index in [0.717, 1.165) is 30.6 Å². The normalized spacial score (nSPS) is 17.4. The number of aliphatic hydroxyl groups is 1. The van der Waals surface area contributed by atoms with Gasteiger partial charge in [-0.15, -0.1) is 0 Å². The Morgan fingerprint density at radius 3 is 2.28 bits per heavy atom. The molecular weight excluding hydrogens is 452 g/mol. The van der Waals surface area contributed by atoms with Crippen LogP contribution in [0.2, 0.25) is 0 Å². The van der Waals surface area contributed by atoms with Gasteiger partial charge in [-0.3, -0.25) is 9.59 Å². The second-order valence-corrected chi connectivity index (χ2v) is 9.67. The van der Waals surface area contributed by atoms with Gasteiger partial charge in [0, 0.05) is 18.7 Å². The highest BCUT2D eigenvalue weighted by Gasteiger charge is 2.46. The molecule has 6 nitrogen and oxygen atoms in total. The Bertz CT molecular complexity index is 1100. The maximum absolute atomic E-state index is 13.3. The van der Waals surface area contributed by atoms with Crippen molar-refractivity contribution in [3.8, 4) is 5.75 Å². The summed E-state index contributed by atoms with van der Waals surface area (Å²) in [5, 5.41) is 11.4. The molecule has 6 heteroatoms. The van der Waals surface area contributed by atoms with E-state index in [9.17, 15) is 14.7 Å². The van der Waals surface area contributed by atoms with Crippen molar-refractivity contribution in [1.29, 1.82) is 0 Å². The Hall–Kier alpha value is -3.12. The van der Waals surface area contributed by atoms with Crippen molar-refractivity contribution in [3.05, 3.63) is 70.3 Å². The lowest BCUT2D eigenvalue weighted by Crippen LogP contribution is -2.38. The Morgan fingerprint density at radius 2 is 1.72 bits per heavy atom. The number of likely N-dealkylation sites (N-methyl/N-ethyl adjacent to an activating group) is 1. The molecule has 1 heterocycles. The van der Waals surface area contributed by atoms with Crippen LogP contribution >= 0.6 is 0 Å². The minimum Gasteiger partial charge on any atom is -0.507 e. The second-order valence-electron chi connectivity index (χ2n) is 9.67. The van der Waals surface area contributed by atoms with E-state index in [-0.39, 0.29) is 11.3 Å². The maximum Gasteiger partial charge on any atom is 0.295 e. The van der Waals surface area contributed by atoms with E-state index < -0.39 is 17.7 Å². The molecule has 1 amide bonds. The van der Waals surface area contributed by atoms with Crippen LogP contribution in [0.4, 0.5) is 0 Å². The number of benzene rings is 2. The van der Waals surface area contributed by atoms with E-state index in [2.05, 4.69) is 32.6 Å². The SMILES string of the molecule is CCCOc1ccc(/C(O)=C2\C(=O)C(=O)N(CCN(CC)CC)C2c2ccc(C(C)C)cc2)c(C)c1. The number of aliphatic hydroxyl groups excluding tert-OH is 1. The number of hydrogen-bond donors (Lipinski definition) is 1. The number of ketones is 1. The summed E-state index contributed by atoms with van der Waals surface area (Å²) in [7, 11) is 0. The topological polar surface area (TPSA) is 70.1 Å². The first-order valence-electron chi connectivity index (χ1n) is 13.1. The summed E-state index contributed by atoms with van der Waals surface area (Å²) >= 11 is 0. The molecule has 2 aromatic rings. The Kier molecular flexibility index (Phi) is 9.32. The van der Waals surface area contributed by atoms with Crippen LogP contribution in [0, 0.1) is 6.92 Å². The molecule has 3 rings (SSSR count).